The van der Waals surface area contributed by atoms with Crippen molar-refractivity contribution in [2.45, 2.75) is 53.2 Å². The molecule has 3 N–H and O–H groups in total. The smallest absolute Gasteiger partial charge is 0.408 e. The minimum atomic E-state index is -0.885. The number of hydrogen-bond donors (Lipinski definition) is 2. The third kappa shape index (κ3) is 3.99. The van der Waals surface area contributed by atoms with Gasteiger partial charge in [0.2, 0.25) is 5.91 Å². The summed E-state index contributed by atoms with van der Waals surface area (Å²) in [6.07, 6.45) is -0.246. The van der Waals surface area contributed by atoms with Gasteiger partial charge in [0.25, 0.3) is 0 Å². The van der Waals surface area contributed by atoms with E-state index in [2.05, 4.69) is 34.6 Å². The second kappa shape index (κ2) is 8.25. The van der Waals surface area contributed by atoms with Crippen LogP contribution in [-0.4, -0.2) is 28.6 Å². The van der Waals surface area contributed by atoms with E-state index in [9.17, 15) is 14.7 Å². The highest BCUT2D eigenvalue weighted by Crippen LogP contribution is 2.53. The molecule has 31 heavy (non-hydrogen) atoms. The first-order valence-electron chi connectivity index (χ1n) is 10.6. The molecule has 0 aromatic heterocycles. The average molecular weight is 425 g/mol. The maximum absolute atomic E-state index is 12.2. The molecule has 6 heteroatoms. The number of amides is 2. The van der Waals surface area contributed by atoms with Crippen LogP contribution in [0.1, 0.15) is 61.7 Å². The Morgan fingerprint density at radius 1 is 1.19 bits per heavy atom. The Hall–Kier alpha value is -3.02. The Balaban J connectivity index is 1.95. The highest BCUT2D eigenvalue weighted by molar-refractivity contribution is 5.92. The molecule has 6 nitrogen and oxygen atoms in total. The van der Waals surface area contributed by atoms with E-state index in [1.807, 2.05) is 24.3 Å². The zero-order valence-electron chi connectivity index (χ0n) is 18.9. The van der Waals surface area contributed by atoms with Crippen LogP contribution in [-0.2, 0) is 18.6 Å². The first kappa shape index (κ1) is 22.7. The van der Waals surface area contributed by atoms with Crippen molar-refractivity contribution in [3.63, 3.8) is 0 Å². The number of benzene rings is 2. The molecule has 1 heterocycles. The van der Waals surface area contributed by atoms with Crippen LogP contribution in [0.25, 0.3) is 0 Å². The van der Waals surface area contributed by atoms with E-state index < -0.39 is 17.5 Å². The van der Waals surface area contributed by atoms with Gasteiger partial charge >= 0.3 is 6.09 Å². The summed E-state index contributed by atoms with van der Waals surface area (Å²) in [4.78, 5) is 25.2. The molecule has 2 aromatic rings. The SMILES string of the molecule is CC(C)[C@]1(C(C)(C)C)c2ccc(OCc3cccc(C(N)=O)c3)cc2CCN1C(=O)O. The summed E-state index contributed by atoms with van der Waals surface area (Å²) in [6, 6.07) is 13.0. The lowest BCUT2D eigenvalue weighted by Gasteiger charge is -2.57. The molecule has 166 valence electrons. The van der Waals surface area contributed by atoms with Crippen molar-refractivity contribution >= 4 is 12.0 Å². The summed E-state index contributed by atoms with van der Waals surface area (Å²) in [5.74, 6) is 0.343. The van der Waals surface area contributed by atoms with Gasteiger partial charge < -0.3 is 15.6 Å². The highest BCUT2D eigenvalue weighted by Gasteiger charge is 2.54. The van der Waals surface area contributed by atoms with Crippen LogP contribution in [0.4, 0.5) is 4.79 Å². The lowest BCUT2D eigenvalue weighted by atomic mass is 9.60. The van der Waals surface area contributed by atoms with E-state index in [-0.39, 0.29) is 11.3 Å². The van der Waals surface area contributed by atoms with Crippen molar-refractivity contribution in [3.05, 3.63) is 64.7 Å². The predicted octanol–water partition coefficient (Wildman–Crippen LogP) is 4.80. The summed E-state index contributed by atoms with van der Waals surface area (Å²) in [5.41, 5.74) is 7.89. The van der Waals surface area contributed by atoms with E-state index in [1.54, 1.807) is 23.1 Å². The van der Waals surface area contributed by atoms with Crippen LogP contribution in [0, 0.1) is 11.3 Å². The molecule has 2 aromatic carbocycles. The zero-order chi connectivity index (χ0) is 23.0. The number of nitrogens with two attached hydrogens (primary N) is 1. The molecular weight excluding hydrogens is 392 g/mol. The summed E-state index contributed by atoms with van der Waals surface area (Å²) < 4.78 is 6.00. The van der Waals surface area contributed by atoms with Gasteiger partial charge in [-0.05, 0) is 58.7 Å². The Kier molecular flexibility index (Phi) is 6.03. The number of rotatable bonds is 5. The average Bonchev–Trinajstić information content (AvgIpc) is 2.70. The van der Waals surface area contributed by atoms with Crippen LogP contribution in [0.5, 0.6) is 5.75 Å². The monoisotopic (exact) mass is 424 g/mol. The number of primary amides is 1. The summed E-state index contributed by atoms with van der Waals surface area (Å²) in [5, 5.41) is 10.0. The normalized spacial score (nSPS) is 18.6. The largest absolute Gasteiger partial charge is 0.489 e. The molecule has 1 atom stereocenters. The van der Waals surface area contributed by atoms with E-state index >= 15 is 0 Å². The van der Waals surface area contributed by atoms with E-state index in [1.165, 1.54) is 0 Å². The second-order valence-corrected chi connectivity index (χ2v) is 9.53. The Morgan fingerprint density at radius 3 is 2.48 bits per heavy atom. The van der Waals surface area contributed by atoms with Gasteiger partial charge in [-0.25, -0.2) is 4.79 Å². The number of hydrogen-bond acceptors (Lipinski definition) is 3. The molecule has 0 saturated heterocycles. The Bertz CT molecular complexity index is 993. The standard InChI is InChI=1S/C25H32N2O4/c1-16(2)25(24(3,4)5)21-10-9-20(14-18(21)11-12-27(25)23(29)30)31-15-17-7-6-8-19(13-17)22(26)28/h6-10,13-14,16H,11-12,15H2,1-5H3,(H2,26,28)(H,29,30)/t25-/m1/s1. The molecule has 1 aliphatic rings. The van der Waals surface area contributed by atoms with Crippen molar-refractivity contribution in [1.82, 2.24) is 4.90 Å². The van der Waals surface area contributed by atoms with Gasteiger partial charge in [-0.2, -0.15) is 0 Å². The molecule has 0 saturated carbocycles. The lowest BCUT2D eigenvalue weighted by Crippen LogP contribution is -2.62. The number of ether oxygens (including phenoxy) is 1. The van der Waals surface area contributed by atoms with Crippen LogP contribution >= 0.6 is 0 Å². The minimum absolute atomic E-state index is 0.0888. The topological polar surface area (TPSA) is 92.9 Å². The minimum Gasteiger partial charge on any atom is -0.489 e. The molecule has 0 fully saturated rings. The molecule has 0 unspecified atom stereocenters. The predicted molar refractivity (Wildman–Crippen MR) is 120 cm³/mol. The van der Waals surface area contributed by atoms with Crippen LogP contribution < -0.4 is 10.5 Å². The molecule has 3 rings (SSSR count). The Labute approximate surface area is 184 Å². The number of nitrogens with zero attached hydrogens (tertiary/aromatic N) is 1. The first-order chi connectivity index (χ1) is 14.5. The molecule has 0 bridgehead atoms. The fourth-order valence-electron chi connectivity index (χ4n) is 5.32. The van der Waals surface area contributed by atoms with Gasteiger partial charge in [0.15, 0.2) is 0 Å². The molecule has 2 amide bonds. The number of carbonyl (C=O) groups excluding carboxylic acids is 1. The van der Waals surface area contributed by atoms with Crippen molar-refractivity contribution < 1.29 is 19.4 Å². The maximum Gasteiger partial charge on any atom is 0.408 e. The quantitative estimate of drug-likeness (QED) is 0.721. The highest BCUT2D eigenvalue weighted by atomic mass is 16.5. The van der Waals surface area contributed by atoms with Crippen molar-refractivity contribution in [1.29, 1.82) is 0 Å². The van der Waals surface area contributed by atoms with E-state index in [0.29, 0.717) is 25.1 Å². The zero-order valence-corrected chi connectivity index (χ0v) is 18.9. The van der Waals surface area contributed by atoms with E-state index in [4.69, 9.17) is 10.5 Å². The number of carbonyl (C=O) groups is 2. The number of carboxylic acid groups (broad SMARTS) is 1. The van der Waals surface area contributed by atoms with Gasteiger partial charge in [0.05, 0.1) is 5.54 Å². The van der Waals surface area contributed by atoms with Crippen LogP contribution in [0.3, 0.4) is 0 Å². The third-order valence-corrected chi connectivity index (χ3v) is 6.34. The molecule has 0 spiro atoms. The van der Waals surface area contributed by atoms with Gasteiger partial charge in [0, 0.05) is 12.1 Å². The fraction of sp³-hybridized carbons (Fsp3) is 0.440. The summed E-state index contributed by atoms with van der Waals surface area (Å²) in [6.45, 7) is 11.3. The summed E-state index contributed by atoms with van der Waals surface area (Å²) in [7, 11) is 0. The third-order valence-electron chi connectivity index (χ3n) is 6.34. The van der Waals surface area contributed by atoms with Crippen molar-refractivity contribution in [2.75, 3.05) is 6.54 Å². The second-order valence-electron chi connectivity index (χ2n) is 9.53. The lowest BCUT2D eigenvalue weighted by molar-refractivity contribution is -0.0440. The van der Waals surface area contributed by atoms with Crippen LogP contribution in [0.2, 0.25) is 0 Å². The molecular formula is C25H32N2O4. The van der Waals surface area contributed by atoms with Gasteiger partial charge in [-0.15, -0.1) is 0 Å². The van der Waals surface area contributed by atoms with E-state index in [0.717, 1.165) is 22.4 Å². The van der Waals surface area contributed by atoms with Crippen molar-refractivity contribution in [3.8, 4) is 5.75 Å². The number of fused-ring (bicyclic) bond motifs is 1. The van der Waals surface area contributed by atoms with Crippen LogP contribution in [0.15, 0.2) is 42.5 Å². The summed E-state index contributed by atoms with van der Waals surface area (Å²) >= 11 is 0. The van der Waals surface area contributed by atoms with Gasteiger partial charge in [-0.3, -0.25) is 9.69 Å². The van der Waals surface area contributed by atoms with Gasteiger partial charge in [-0.1, -0.05) is 52.8 Å². The molecule has 0 radical (unpaired) electrons. The van der Waals surface area contributed by atoms with Gasteiger partial charge in [0.1, 0.15) is 12.4 Å². The fourth-order valence-corrected chi connectivity index (χ4v) is 5.32. The Morgan fingerprint density at radius 2 is 1.90 bits per heavy atom. The van der Waals surface area contributed by atoms with Crippen molar-refractivity contribution in [2.24, 2.45) is 17.1 Å². The molecule has 0 aliphatic carbocycles. The first-order valence-corrected chi connectivity index (χ1v) is 10.6. The molecule has 1 aliphatic heterocycles. The maximum atomic E-state index is 12.2.